The largest absolute Gasteiger partial charge is 0.481 e. The molecule has 0 aromatic carbocycles. The van der Waals surface area contributed by atoms with E-state index in [0.29, 0.717) is 19.6 Å². The number of hydrogen-bond donors (Lipinski definition) is 2. The van der Waals surface area contributed by atoms with Crippen molar-refractivity contribution < 1.29 is 14.7 Å². The minimum Gasteiger partial charge on any atom is -0.481 e. The van der Waals surface area contributed by atoms with Gasteiger partial charge >= 0.3 is 12.0 Å². The number of hydrogen-bond acceptors (Lipinski definition) is 4. The molecule has 1 unspecified atom stereocenters. The van der Waals surface area contributed by atoms with E-state index in [0.717, 1.165) is 24.6 Å². The van der Waals surface area contributed by atoms with Gasteiger partial charge < -0.3 is 20.2 Å². The highest BCUT2D eigenvalue weighted by molar-refractivity contribution is 7.99. The first kappa shape index (κ1) is 13.5. The normalized spacial score (nSPS) is 25.0. The van der Waals surface area contributed by atoms with E-state index in [1.807, 2.05) is 4.90 Å². The van der Waals surface area contributed by atoms with Gasteiger partial charge in [-0.2, -0.15) is 11.8 Å². The number of nitrogens with zero attached hydrogens (tertiary/aromatic N) is 2. The molecule has 0 aromatic heterocycles. The maximum absolute atomic E-state index is 12.4. The van der Waals surface area contributed by atoms with Crippen LogP contribution in [0.25, 0.3) is 0 Å². The molecule has 2 aliphatic heterocycles. The molecule has 7 heteroatoms. The summed E-state index contributed by atoms with van der Waals surface area (Å²) in [5.74, 6) is 0.790. The lowest BCUT2D eigenvalue weighted by molar-refractivity contribution is -0.138. The van der Waals surface area contributed by atoms with Crippen LogP contribution in [0, 0.1) is 0 Å². The average Bonchev–Trinajstić information content (AvgIpc) is 2.39. The third-order valence-corrected chi connectivity index (χ3v) is 4.36. The Bertz CT molecular complexity index is 321. The molecule has 2 heterocycles. The lowest BCUT2D eigenvalue weighted by atomic mass is 10.2. The molecule has 2 amide bonds. The maximum Gasteiger partial charge on any atom is 0.320 e. The van der Waals surface area contributed by atoms with E-state index < -0.39 is 5.97 Å². The van der Waals surface area contributed by atoms with Crippen LogP contribution in [0.4, 0.5) is 4.79 Å². The molecule has 2 rings (SSSR count). The summed E-state index contributed by atoms with van der Waals surface area (Å²) in [5, 5.41) is 12.1. The van der Waals surface area contributed by atoms with Crippen LogP contribution in [-0.2, 0) is 4.79 Å². The van der Waals surface area contributed by atoms with E-state index in [1.165, 1.54) is 0 Å². The quantitative estimate of drug-likeness (QED) is 0.735. The van der Waals surface area contributed by atoms with Crippen molar-refractivity contribution in [2.75, 3.05) is 44.2 Å². The average molecular weight is 273 g/mol. The van der Waals surface area contributed by atoms with Crippen molar-refractivity contribution in [3.63, 3.8) is 0 Å². The van der Waals surface area contributed by atoms with E-state index >= 15 is 0 Å². The van der Waals surface area contributed by atoms with Gasteiger partial charge in [0.05, 0.1) is 12.5 Å². The Morgan fingerprint density at radius 2 is 2.00 bits per heavy atom. The number of carboxylic acid groups (broad SMARTS) is 1. The highest BCUT2D eigenvalue weighted by atomic mass is 32.2. The van der Waals surface area contributed by atoms with Gasteiger partial charge in [0.15, 0.2) is 0 Å². The SMILES string of the molecule is O=C(O)CC1CSCCN1C(=O)N1CCNCC1. The van der Waals surface area contributed by atoms with Gasteiger partial charge in [-0.15, -0.1) is 0 Å². The third-order valence-electron chi connectivity index (χ3n) is 3.27. The molecule has 0 saturated carbocycles. The first-order valence-electron chi connectivity index (χ1n) is 6.24. The van der Waals surface area contributed by atoms with Crippen LogP contribution >= 0.6 is 11.8 Å². The van der Waals surface area contributed by atoms with E-state index in [4.69, 9.17) is 5.11 Å². The summed E-state index contributed by atoms with van der Waals surface area (Å²) in [6, 6.07) is -0.160. The topological polar surface area (TPSA) is 72.9 Å². The molecule has 2 saturated heterocycles. The van der Waals surface area contributed by atoms with Crippen molar-refractivity contribution in [3.8, 4) is 0 Å². The van der Waals surface area contributed by atoms with E-state index in [2.05, 4.69) is 5.32 Å². The van der Waals surface area contributed by atoms with E-state index in [-0.39, 0.29) is 18.5 Å². The molecule has 0 aliphatic carbocycles. The lowest BCUT2D eigenvalue weighted by Gasteiger charge is -2.39. The van der Waals surface area contributed by atoms with Gasteiger partial charge in [0, 0.05) is 44.2 Å². The Balaban J connectivity index is 1.98. The van der Waals surface area contributed by atoms with Crippen LogP contribution in [0.1, 0.15) is 6.42 Å². The Kier molecular flexibility index (Phi) is 4.71. The number of urea groups is 1. The first-order chi connectivity index (χ1) is 8.68. The van der Waals surface area contributed by atoms with Crippen molar-refractivity contribution in [2.24, 2.45) is 0 Å². The van der Waals surface area contributed by atoms with Crippen molar-refractivity contribution >= 4 is 23.8 Å². The molecule has 18 heavy (non-hydrogen) atoms. The predicted molar refractivity (Wildman–Crippen MR) is 69.9 cm³/mol. The summed E-state index contributed by atoms with van der Waals surface area (Å²) >= 11 is 1.72. The van der Waals surface area contributed by atoms with Gasteiger partial charge in [-0.1, -0.05) is 0 Å². The summed E-state index contributed by atoms with van der Waals surface area (Å²) < 4.78 is 0. The monoisotopic (exact) mass is 273 g/mol. The molecular weight excluding hydrogens is 254 g/mol. The zero-order valence-corrected chi connectivity index (χ0v) is 11.1. The zero-order chi connectivity index (χ0) is 13.0. The Labute approximate surface area is 111 Å². The molecular formula is C11H19N3O3S. The molecule has 102 valence electrons. The second-order valence-electron chi connectivity index (χ2n) is 4.54. The first-order valence-corrected chi connectivity index (χ1v) is 7.40. The van der Waals surface area contributed by atoms with E-state index in [9.17, 15) is 9.59 Å². The van der Waals surface area contributed by atoms with Crippen LogP contribution in [0.2, 0.25) is 0 Å². The standard InChI is InChI=1S/C11H19N3O3S/c15-10(16)7-9-8-18-6-5-14(9)11(17)13-3-1-12-2-4-13/h9,12H,1-8H2,(H,15,16). The van der Waals surface area contributed by atoms with Crippen LogP contribution < -0.4 is 5.32 Å². The van der Waals surface area contributed by atoms with E-state index in [1.54, 1.807) is 16.7 Å². The van der Waals surface area contributed by atoms with Crippen LogP contribution in [0.15, 0.2) is 0 Å². The van der Waals surface area contributed by atoms with Gasteiger partial charge in [0.1, 0.15) is 0 Å². The van der Waals surface area contributed by atoms with Gasteiger partial charge in [-0.3, -0.25) is 4.79 Å². The molecule has 2 fully saturated rings. The molecule has 2 aliphatic rings. The summed E-state index contributed by atoms with van der Waals surface area (Å²) in [5.41, 5.74) is 0. The number of carbonyl (C=O) groups excluding carboxylic acids is 1. The fraction of sp³-hybridized carbons (Fsp3) is 0.818. The van der Waals surface area contributed by atoms with Crippen molar-refractivity contribution in [2.45, 2.75) is 12.5 Å². The number of aliphatic carboxylic acids is 1. The second kappa shape index (κ2) is 6.29. The van der Waals surface area contributed by atoms with Gasteiger partial charge in [-0.25, -0.2) is 4.79 Å². The Morgan fingerprint density at radius 1 is 1.28 bits per heavy atom. The Morgan fingerprint density at radius 3 is 2.67 bits per heavy atom. The number of carboxylic acids is 1. The number of carbonyl (C=O) groups is 2. The summed E-state index contributed by atoms with van der Waals surface area (Å²) in [4.78, 5) is 26.8. The van der Waals surface area contributed by atoms with Crippen molar-refractivity contribution in [1.82, 2.24) is 15.1 Å². The van der Waals surface area contributed by atoms with Gasteiger partial charge in [0.2, 0.25) is 0 Å². The van der Waals surface area contributed by atoms with Crippen LogP contribution in [0.5, 0.6) is 0 Å². The van der Waals surface area contributed by atoms with Crippen molar-refractivity contribution in [1.29, 1.82) is 0 Å². The molecule has 0 radical (unpaired) electrons. The summed E-state index contributed by atoms with van der Waals surface area (Å²) in [6.45, 7) is 3.71. The summed E-state index contributed by atoms with van der Waals surface area (Å²) in [7, 11) is 0. The third kappa shape index (κ3) is 3.29. The molecule has 2 N–H and O–H groups in total. The number of nitrogens with one attached hydrogen (secondary N) is 1. The minimum absolute atomic E-state index is 0.00282. The molecule has 0 spiro atoms. The number of amides is 2. The van der Waals surface area contributed by atoms with Crippen LogP contribution in [-0.4, -0.2) is 77.2 Å². The lowest BCUT2D eigenvalue weighted by Crippen LogP contribution is -2.56. The number of piperazine rings is 1. The number of rotatable bonds is 2. The highest BCUT2D eigenvalue weighted by Gasteiger charge is 2.31. The zero-order valence-electron chi connectivity index (χ0n) is 10.3. The van der Waals surface area contributed by atoms with Crippen LogP contribution in [0.3, 0.4) is 0 Å². The maximum atomic E-state index is 12.4. The molecule has 0 bridgehead atoms. The fourth-order valence-corrected chi connectivity index (χ4v) is 3.38. The predicted octanol–water partition coefficient (Wildman–Crippen LogP) is -0.0963. The van der Waals surface area contributed by atoms with Crippen molar-refractivity contribution in [3.05, 3.63) is 0 Å². The highest BCUT2D eigenvalue weighted by Crippen LogP contribution is 2.20. The molecule has 1 atom stereocenters. The summed E-state index contributed by atoms with van der Waals surface area (Å²) in [6.07, 6.45) is 0.0465. The molecule has 0 aromatic rings. The smallest absolute Gasteiger partial charge is 0.320 e. The minimum atomic E-state index is -0.833. The number of thioether (sulfide) groups is 1. The van der Waals surface area contributed by atoms with Gasteiger partial charge in [-0.05, 0) is 0 Å². The molecule has 6 nitrogen and oxygen atoms in total. The fourth-order valence-electron chi connectivity index (χ4n) is 2.32. The Hall–Kier alpha value is -0.950. The second-order valence-corrected chi connectivity index (χ2v) is 5.69. The van der Waals surface area contributed by atoms with Gasteiger partial charge in [0.25, 0.3) is 0 Å².